The maximum atomic E-state index is 15.0. The molecule has 20 heterocycles. The number of benzene rings is 4. The summed E-state index contributed by atoms with van der Waals surface area (Å²) >= 11 is 0. The summed E-state index contributed by atoms with van der Waals surface area (Å²) < 4.78 is 83.7. The maximum absolute atomic E-state index is 15.0. The monoisotopic (exact) mass is 1960 g/mol. The first-order chi connectivity index (χ1) is 69.9. The summed E-state index contributed by atoms with van der Waals surface area (Å²) in [4.78, 5) is 83.9. The molecule has 4 atom stereocenters. The lowest BCUT2D eigenvalue weighted by atomic mass is 9.90. The zero-order valence-corrected chi connectivity index (χ0v) is 83.8. The lowest BCUT2D eigenvalue weighted by Gasteiger charge is -2.32. The van der Waals surface area contributed by atoms with Crippen molar-refractivity contribution in [2.75, 3.05) is 114 Å². The van der Waals surface area contributed by atoms with Gasteiger partial charge in [0.15, 0.2) is 29.1 Å². The average Bonchev–Trinajstić information content (AvgIpc) is 1.61. The molecule has 34 heteroatoms. The van der Waals surface area contributed by atoms with Crippen molar-refractivity contribution < 1.29 is 22.0 Å². The number of hydrogen-bond donors (Lipinski definition) is 4. The smallest absolute Gasteiger partial charge is 0.229 e. The quantitative estimate of drug-likeness (QED) is 0.0516. The molecule has 4 unspecified atom stereocenters. The van der Waals surface area contributed by atoms with Crippen LogP contribution in [0.5, 0.6) is 0 Å². The molecule has 4 fully saturated rings. The number of aryl methyl sites for hydroxylation is 7. The Labute approximate surface area is 842 Å². The van der Waals surface area contributed by atoms with Gasteiger partial charge in [0, 0.05) is 130 Å². The Morgan fingerprint density at radius 3 is 0.972 bits per heavy atom. The van der Waals surface area contributed by atoms with E-state index in [-0.39, 0.29) is 42.2 Å². The van der Waals surface area contributed by atoms with E-state index in [2.05, 4.69) is 203 Å². The molecule has 12 aromatic heterocycles. The van der Waals surface area contributed by atoms with Gasteiger partial charge in [0.25, 0.3) is 0 Å². The van der Waals surface area contributed by atoms with Gasteiger partial charge in [0.1, 0.15) is 74.9 Å². The highest BCUT2D eigenvalue weighted by Gasteiger charge is 2.33. The summed E-state index contributed by atoms with van der Waals surface area (Å²) in [5, 5.41) is 12.5. The van der Waals surface area contributed by atoms with Crippen LogP contribution in [-0.4, -0.2) is 216 Å². The highest BCUT2D eigenvalue weighted by molar-refractivity contribution is 5.89. The Kier molecular flexibility index (Phi) is 29.0. The molecule has 29 nitrogen and oxygen atoms in total. The molecule has 16 aromatic rings. The first kappa shape index (κ1) is 98.7. The summed E-state index contributed by atoms with van der Waals surface area (Å²) in [6.07, 6.45) is 29.4. The summed E-state index contributed by atoms with van der Waals surface area (Å²) in [5.41, 5.74) is 18.5. The molecule has 8 aliphatic rings. The van der Waals surface area contributed by atoms with Crippen LogP contribution in [0.15, 0.2) is 147 Å². The number of piperazine rings is 1. The van der Waals surface area contributed by atoms with Crippen molar-refractivity contribution in [3.05, 3.63) is 238 Å². The van der Waals surface area contributed by atoms with Crippen molar-refractivity contribution in [3.63, 3.8) is 0 Å². The van der Waals surface area contributed by atoms with Crippen LogP contribution in [0.1, 0.15) is 223 Å². The number of fused-ring (bicyclic) bond motifs is 12. The van der Waals surface area contributed by atoms with Crippen LogP contribution in [0.2, 0.25) is 0 Å². The molecule has 0 saturated carbocycles. The number of aromatic nitrogens is 20. The second-order valence-electron chi connectivity index (χ2n) is 40.4. The van der Waals surface area contributed by atoms with Gasteiger partial charge in [-0.15, -0.1) is 0 Å². The number of likely N-dealkylation sites (N-methyl/N-ethyl adjacent to an activating group) is 1. The van der Waals surface area contributed by atoms with Crippen molar-refractivity contribution in [2.24, 2.45) is 0 Å². The molecule has 0 aliphatic carbocycles. The lowest BCUT2D eigenvalue weighted by Crippen LogP contribution is -2.43. The lowest BCUT2D eigenvalue weighted by molar-refractivity contribution is 0.148. The number of likely N-dealkylation sites (tertiary alicyclic amines) is 3. The SMILES string of the molecule is C.CCC1CCc2nc3c(C)cc(-c4nc(Nc5ccc(C6CCN(C)CC6)cn5)ncc4F)cc3n21.CCC1CCc2nc3c(F)cc(-c4nc(Nc5ccc(CN6CCN(C)CC6)cn5)ncc4F)cc3n21.CCN1CCC(c2ccc(Nc3ncc(F)c(-c4cc(C)c5nc6n(c5c4)C(C)CC6)n3)nc2)CC1.Cc1cc(-c2nc(Nc3ccc(C4CCN(C)CC4)cn3)ncc2F)cc2c1nc1n2C(C)CC1. The fourth-order valence-electron chi connectivity index (χ4n) is 22.3. The molecule has 0 spiro atoms. The van der Waals surface area contributed by atoms with Crippen molar-refractivity contribution in [2.45, 2.75) is 214 Å². The highest BCUT2D eigenvalue weighted by atomic mass is 19.1. The Morgan fingerprint density at radius 2 is 0.628 bits per heavy atom. The largest absolute Gasteiger partial charge is 0.325 e. The van der Waals surface area contributed by atoms with Crippen LogP contribution in [-0.2, 0) is 32.2 Å². The van der Waals surface area contributed by atoms with Gasteiger partial charge in [-0.2, -0.15) is 0 Å². The summed E-state index contributed by atoms with van der Waals surface area (Å²) in [6.45, 7) is 29.9. The van der Waals surface area contributed by atoms with Crippen LogP contribution < -0.4 is 21.3 Å². The van der Waals surface area contributed by atoms with E-state index in [1.54, 1.807) is 6.07 Å². The molecule has 0 bridgehead atoms. The summed E-state index contributed by atoms with van der Waals surface area (Å²) in [7, 11) is 6.48. The van der Waals surface area contributed by atoms with E-state index < -0.39 is 29.1 Å². The third-order valence-corrected chi connectivity index (χ3v) is 30.6. The number of anilines is 8. The van der Waals surface area contributed by atoms with Crippen molar-refractivity contribution >= 4 is 91.2 Å². The van der Waals surface area contributed by atoms with Gasteiger partial charge in [0.2, 0.25) is 23.8 Å². The predicted molar refractivity (Wildman–Crippen MR) is 561 cm³/mol. The number of pyridine rings is 4. The summed E-state index contributed by atoms with van der Waals surface area (Å²) in [5.74, 6) is 7.09. The first-order valence-corrected chi connectivity index (χ1v) is 51.2. The second-order valence-corrected chi connectivity index (χ2v) is 40.4. The number of halogens is 5. The minimum Gasteiger partial charge on any atom is -0.325 e. The predicted octanol–water partition coefficient (Wildman–Crippen LogP) is 22.2. The van der Waals surface area contributed by atoms with Gasteiger partial charge in [0.05, 0.1) is 63.4 Å². The zero-order chi connectivity index (χ0) is 99.2. The fraction of sp³-hybridized carbons (Fsp3) is 0.423. The van der Waals surface area contributed by atoms with E-state index in [1.165, 1.54) is 41.3 Å². The molecule has 8 aliphatic heterocycles. The number of hydrogen-bond acceptors (Lipinski definition) is 25. The Morgan fingerprint density at radius 1 is 0.310 bits per heavy atom. The first-order valence-electron chi connectivity index (χ1n) is 51.2. The number of piperidine rings is 3. The minimum atomic E-state index is -0.618. The van der Waals surface area contributed by atoms with E-state index >= 15 is 4.39 Å². The van der Waals surface area contributed by atoms with Gasteiger partial charge in [-0.1, -0.05) is 52.5 Å². The molecule has 4 aromatic carbocycles. The van der Waals surface area contributed by atoms with Gasteiger partial charge in [-0.05, 0) is 308 Å². The van der Waals surface area contributed by atoms with Crippen molar-refractivity contribution in [1.82, 2.24) is 123 Å². The standard InChI is InChI=1S/2C28H32FN7.C27H30F2N8.C27H30FN7.CH4/c1-4-35-11-9-19(10-12-35)20-6-7-24(30-15-20)32-28-31-16-22(29)27(34-28)21-13-17(2)26-23(14-21)36-18(3)5-8-25(36)33-26;1-4-21-6-8-25-33-26-17(2)13-20(14-23(26)36(21)25)27-22(29)16-31-28(34-27)32-24-7-5-19(15-30-24)18-9-11-35(3)12-10-18;1-3-19-5-7-24-33-26-20(28)12-18(13-22(26)37(19)24)25-21(29)15-31-27(34-25)32-23-6-4-17(14-30-23)16-36-10-8-35(2)9-11-36;1-16-12-20(13-22-25(16)32-24-7-4-17(2)35(22)24)26-21(28)15-30-27(33-26)31-23-6-5-19(14-29-23)18-8-10-34(3)11-9-18;/h6-7,13-16,18-19H,4-5,8-12H2,1-3H3,(H,30,31,32,34);5,7,13-16,18,21H,4,6,8-12H2,1-3H3,(H,30,31,32,34);4,6,12-15,19H,3,5,7-11,16H2,1-2H3,(H,30,31,32,34);5-6,12-15,17-18H,4,7-11H2,1-3H3,(H,29,30,31,33);1H4. The maximum Gasteiger partial charge on any atom is 0.229 e. The molecule has 24 rings (SSSR count). The van der Waals surface area contributed by atoms with Crippen LogP contribution >= 0.6 is 0 Å². The van der Waals surface area contributed by atoms with Crippen LogP contribution in [0.4, 0.5) is 69.0 Å². The van der Waals surface area contributed by atoms with E-state index in [9.17, 15) is 17.6 Å². The van der Waals surface area contributed by atoms with Crippen molar-refractivity contribution in [3.8, 4) is 45.0 Å². The van der Waals surface area contributed by atoms with Gasteiger partial charge < -0.3 is 59.1 Å². The number of imidazole rings is 4. The normalized spacial score (nSPS) is 18.5. The number of nitrogens with one attached hydrogen (secondary N) is 4. The Balaban J connectivity index is 0.000000118. The topological polar surface area (TPSA) is 290 Å². The van der Waals surface area contributed by atoms with Gasteiger partial charge in [-0.25, -0.2) is 102 Å². The molecule has 752 valence electrons. The van der Waals surface area contributed by atoms with E-state index in [1.807, 2.05) is 112 Å². The Hall–Kier alpha value is -13.7. The number of rotatable bonds is 20. The highest BCUT2D eigenvalue weighted by Crippen LogP contribution is 2.44. The van der Waals surface area contributed by atoms with Crippen LogP contribution in [0.3, 0.4) is 0 Å². The Bertz CT molecular complexity index is 7360. The summed E-state index contributed by atoms with van der Waals surface area (Å²) in [6, 6.07) is 32.6. The van der Waals surface area contributed by atoms with Gasteiger partial charge >= 0.3 is 0 Å². The third kappa shape index (κ3) is 20.9. The van der Waals surface area contributed by atoms with Crippen LogP contribution in [0, 0.1) is 49.9 Å². The van der Waals surface area contributed by atoms with Crippen molar-refractivity contribution in [1.29, 1.82) is 0 Å². The molecular weight excluding hydrogens is 1830 g/mol. The van der Waals surface area contributed by atoms with E-state index in [0.29, 0.717) is 93.6 Å². The molecular formula is C111H128F5N29. The molecule has 145 heavy (non-hydrogen) atoms. The third-order valence-electron chi connectivity index (χ3n) is 30.6. The average molecular weight is 1960 g/mol. The zero-order valence-electron chi connectivity index (χ0n) is 83.8. The molecule has 4 saturated heterocycles. The molecule has 0 amide bonds. The second kappa shape index (κ2) is 42.6. The van der Waals surface area contributed by atoms with Gasteiger partial charge in [-0.3, -0.25) is 4.90 Å². The molecule has 4 N–H and O–H groups in total. The number of nitrogens with zero attached hydrogens (tertiary/aromatic N) is 25. The fourth-order valence-corrected chi connectivity index (χ4v) is 22.3. The van der Waals surface area contributed by atoms with E-state index in [0.717, 1.165) is 283 Å². The van der Waals surface area contributed by atoms with Crippen LogP contribution in [0.25, 0.3) is 89.2 Å². The minimum absolute atomic E-state index is 0. The molecule has 0 radical (unpaired) electrons. The van der Waals surface area contributed by atoms with E-state index in [4.69, 9.17) is 15.0 Å².